The van der Waals surface area contributed by atoms with Gasteiger partial charge >= 0.3 is 0 Å². The molecule has 0 amide bonds. The predicted molar refractivity (Wildman–Crippen MR) is 121 cm³/mol. The summed E-state index contributed by atoms with van der Waals surface area (Å²) in [7, 11) is 1.63. The van der Waals surface area contributed by atoms with Crippen molar-refractivity contribution in [1.82, 2.24) is 14.8 Å². The highest BCUT2D eigenvalue weighted by Gasteiger charge is 2.18. The normalized spacial score (nSPS) is 10.8. The van der Waals surface area contributed by atoms with E-state index in [2.05, 4.69) is 10.1 Å². The maximum Gasteiger partial charge on any atom is 0.171 e. The lowest BCUT2D eigenvalue weighted by atomic mass is 10.0. The molecule has 5 nitrogen and oxygen atoms in total. The molecule has 0 fully saturated rings. The Labute approximate surface area is 186 Å². The minimum atomic E-state index is -0.608. The summed E-state index contributed by atoms with van der Waals surface area (Å²) >= 11 is 0. The van der Waals surface area contributed by atoms with E-state index in [0.29, 0.717) is 24.4 Å². The average Bonchev–Trinajstić information content (AvgIpc) is 3.16. The van der Waals surface area contributed by atoms with E-state index in [1.54, 1.807) is 14.0 Å². The highest BCUT2D eigenvalue weighted by molar-refractivity contribution is 5.97. The van der Waals surface area contributed by atoms with Crippen molar-refractivity contribution in [3.05, 3.63) is 113 Å². The molecule has 2 aromatic heterocycles. The minimum absolute atomic E-state index is 0.0259. The van der Waals surface area contributed by atoms with E-state index in [0.717, 1.165) is 28.6 Å². The van der Waals surface area contributed by atoms with Crippen LogP contribution in [0.4, 0.5) is 4.39 Å². The highest BCUT2D eigenvalue weighted by Crippen LogP contribution is 2.19. The smallest absolute Gasteiger partial charge is 0.171 e. The van der Waals surface area contributed by atoms with Crippen LogP contribution in [0.3, 0.4) is 0 Å². The van der Waals surface area contributed by atoms with Gasteiger partial charge in [0.25, 0.3) is 0 Å². The molecule has 162 valence electrons. The van der Waals surface area contributed by atoms with Crippen molar-refractivity contribution in [1.29, 1.82) is 0 Å². The largest absolute Gasteiger partial charge is 0.497 e. The molecule has 0 radical (unpaired) electrons. The third-order valence-corrected chi connectivity index (χ3v) is 5.29. The van der Waals surface area contributed by atoms with Gasteiger partial charge < -0.3 is 4.74 Å². The Balaban J connectivity index is 1.62. The first kappa shape index (κ1) is 21.4. The maximum atomic E-state index is 14.2. The van der Waals surface area contributed by atoms with Gasteiger partial charge in [0, 0.05) is 18.3 Å². The first-order valence-corrected chi connectivity index (χ1v) is 10.4. The number of benzene rings is 2. The van der Waals surface area contributed by atoms with Gasteiger partial charge in [-0.2, -0.15) is 5.10 Å². The molecule has 0 saturated carbocycles. The quantitative estimate of drug-likeness (QED) is 0.378. The molecule has 0 N–H and O–H groups in total. The second-order valence-electron chi connectivity index (χ2n) is 7.71. The number of hydrogen-bond acceptors (Lipinski definition) is 4. The summed E-state index contributed by atoms with van der Waals surface area (Å²) in [6.45, 7) is 2.29. The zero-order chi connectivity index (χ0) is 22.5. The molecule has 32 heavy (non-hydrogen) atoms. The lowest BCUT2D eigenvalue weighted by Gasteiger charge is -2.05. The topological polar surface area (TPSA) is 57.0 Å². The van der Waals surface area contributed by atoms with Crippen LogP contribution in [0, 0.1) is 12.7 Å². The Morgan fingerprint density at radius 1 is 1.06 bits per heavy atom. The number of carbonyl (C=O) groups is 1. The van der Waals surface area contributed by atoms with E-state index >= 15 is 0 Å². The van der Waals surface area contributed by atoms with Crippen molar-refractivity contribution < 1.29 is 13.9 Å². The number of pyridine rings is 1. The number of Topliss-reactive ketones (excluding diaryl/α,β-unsaturated/α-hetero) is 1. The molecule has 2 heterocycles. The summed E-state index contributed by atoms with van der Waals surface area (Å²) in [5.74, 6) is -0.125. The summed E-state index contributed by atoms with van der Waals surface area (Å²) in [6, 6.07) is 19.3. The third kappa shape index (κ3) is 5.09. The summed E-state index contributed by atoms with van der Waals surface area (Å²) in [5, 5.41) is 4.69. The Bertz CT molecular complexity index is 1220. The molecule has 0 aliphatic heterocycles. The number of aryl methyl sites for hydroxylation is 1. The molecule has 0 bridgehead atoms. The lowest BCUT2D eigenvalue weighted by molar-refractivity contribution is 0.0987. The molecule has 4 rings (SSSR count). The Morgan fingerprint density at radius 3 is 2.53 bits per heavy atom. The molecule has 0 aliphatic rings. The van der Waals surface area contributed by atoms with Gasteiger partial charge in [-0.25, -0.2) is 4.39 Å². The van der Waals surface area contributed by atoms with Crippen LogP contribution in [0.5, 0.6) is 5.75 Å². The minimum Gasteiger partial charge on any atom is -0.497 e. The number of carbonyl (C=O) groups excluding carboxylic acids is 1. The molecular formula is C26H24FN3O2. The van der Waals surface area contributed by atoms with Crippen LogP contribution in [-0.4, -0.2) is 27.7 Å². The van der Waals surface area contributed by atoms with Crippen LogP contribution >= 0.6 is 0 Å². The molecule has 2 aromatic carbocycles. The molecule has 0 aliphatic carbocycles. The second-order valence-corrected chi connectivity index (χ2v) is 7.71. The van der Waals surface area contributed by atoms with Gasteiger partial charge in [0.05, 0.1) is 37.5 Å². The molecule has 6 heteroatoms. The van der Waals surface area contributed by atoms with Gasteiger partial charge in [-0.1, -0.05) is 42.5 Å². The molecule has 0 atom stereocenters. The maximum absolute atomic E-state index is 14.2. The Morgan fingerprint density at radius 2 is 1.81 bits per heavy atom. The summed E-state index contributed by atoms with van der Waals surface area (Å²) in [6.07, 6.45) is 3.73. The number of ether oxygens (including phenoxy) is 1. The predicted octanol–water partition coefficient (Wildman–Crippen LogP) is 4.80. The van der Waals surface area contributed by atoms with E-state index in [4.69, 9.17) is 4.74 Å². The average molecular weight is 429 g/mol. The van der Waals surface area contributed by atoms with Crippen LogP contribution in [-0.2, 0) is 19.4 Å². The number of hydrogen-bond donors (Lipinski definition) is 0. The van der Waals surface area contributed by atoms with Gasteiger partial charge in [-0.15, -0.1) is 0 Å². The van der Waals surface area contributed by atoms with Crippen molar-refractivity contribution in [2.45, 2.75) is 26.3 Å². The fraction of sp³-hybridized carbons (Fsp3) is 0.192. The summed E-state index contributed by atoms with van der Waals surface area (Å²) in [5.41, 5.74) is 4.44. The van der Waals surface area contributed by atoms with Gasteiger partial charge in [-0.3, -0.25) is 14.5 Å². The van der Waals surface area contributed by atoms with Gasteiger partial charge in [0.2, 0.25) is 0 Å². The second kappa shape index (κ2) is 9.56. The van der Waals surface area contributed by atoms with E-state index in [1.807, 2.05) is 65.5 Å². The highest BCUT2D eigenvalue weighted by atomic mass is 19.1. The third-order valence-electron chi connectivity index (χ3n) is 5.29. The SMILES string of the molecule is COc1ccc(Cn2cc(Cc3ccccc3)c(CC(=O)c3cc(C)ncc3F)n2)cc1. The van der Waals surface area contributed by atoms with Gasteiger partial charge in [0.15, 0.2) is 11.6 Å². The summed E-state index contributed by atoms with van der Waals surface area (Å²) < 4.78 is 21.3. The first-order valence-electron chi connectivity index (χ1n) is 10.4. The monoisotopic (exact) mass is 429 g/mol. The number of methoxy groups -OCH3 is 1. The van der Waals surface area contributed by atoms with E-state index < -0.39 is 5.82 Å². The van der Waals surface area contributed by atoms with Crippen molar-refractivity contribution in [2.75, 3.05) is 7.11 Å². The van der Waals surface area contributed by atoms with Crippen molar-refractivity contribution in [2.24, 2.45) is 0 Å². The molecule has 4 aromatic rings. The zero-order valence-corrected chi connectivity index (χ0v) is 18.1. The van der Waals surface area contributed by atoms with Crippen molar-refractivity contribution >= 4 is 5.78 Å². The van der Waals surface area contributed by atoms with Crippen LogP contribution in [0.15, 0.2) is 73.1 Å². The van der Waals surface area contributed by atoms with Crippen molar-refractivity contribution in [3.8, 4) is 5.75 Å². The zero-order valence-electron chi connectivity index (χ0n) is 18.1. The van der Waals surface area contributed by atoms with Crippen molar-refractivity contribution in [3.63, 3.8) is 0 Å². The van der Waals surface area contributed by atoms with E-state index in [-0.39, 0.29) is 17.8 Å². The van der Waals surface area contributed by atoms with Crippen LogP contribution in [0.1, 0.15) is 38.4 Å². The number of nitrogens with zero attached hydrogens (tertiary/aromatic N) is 3. The fourth-order valence-corrected chi connectivity index (χ4v) is 3.62. The van der Waals surface area contributed by atoms with Crippen LogP contribution in [0.2, 0.25) is 0 Å². The Kier molecular flexibility index (Phi) is 6.40. The Hall–Kier alpha value is -3.80. The van der Waals surface area contributed by atoms with Crippen LogP contribution < -0.4 is 4.74 Å². The molecule has 0 saturated heterocycles. The molecular weight excluding hydrogens is 405 g/mol. The number of aromatic nitrogens is 3. The van der Waals surface area contributed by atoms with Crippen LogP contribution in [0.25, 0.3) is 0 Å². The molecule has 0 unspecified atom stereocenters. The lowest BCUT2D eigenvalue weighted by Crippen LogP contribution is -2.10. The first-order chi connectivity index (χ1) is 15.5. The van der Waals surface area contributed by atoms with Gasteiger partial charge in [0.1, 0.15) is 5.75 Å². The van der Waals surface area contributed by atoms with E-state index in [1.165, 1.54) is 6.07 Å². The standard InChI is InChI=1S/C26H24FN3O2/c1-18-12-23(24(27)15-28-18)26(31)14-25-21(13-19-6-4-3-5-7-19)17-30(29-25)16-20-8-10-22(32-2)11-9-20/h3-12,15,17H,13-14,16H2,1-2H3. The number of rotatable bonds is 8. The molecule has 0 spiro atoms. The number of ketones is 1. The van der Waals surface area contributed by atoms with Gasteiger partial charge in [-0.05, 0) is 41.8 Å². The number of halogens is 1. The summed E-state index contributed by atoms with van der Waals surface area (Å²) in [4.78, 5) is 16.8. The fourth-order valence-electron chi connectivity index (χ4n) is 3.62. The van der Waals surface area contributed by atoms with E-state index in [9.17, 15) is 9.18 Å².